The average Bonchev–Trinajstić information content (AvgIpc) is 3.16. The molecule has 0 saturated carbocycles. The number of carbonyl (C=O) groups is 1. The third-order valence-corrected chi connectivity index (χ3v) is 5.57. The summed E-state index contributed by atoms with van der Waals surface area (Å²) in [6.07, 6.45) is 4.32. The highest BCUT2D eigenvalue weighted by Crippen LogP contribution is 2.33. The summed E-state index contributed by atoms with van der Waals surface area (Å²) >= 11 is 1.92. The molecule has 1 aliphatic heterocycles. The molecule has 5 heteroatoms. The number of hydrogen-bond donors (Lipinski definition) is 1. The Morgan fingerprint density at radius 3 is 2.70 bits per heavy atom. The molecule has 4 nitrogen and oxygen atoms in total. The van der Waals surface area contributed by atoms with E-state index >= 15 is 0 Å². The summed E-state index contributed by atoms with van der Waals surface area (Å²) in [5.41, 5.74) is 3.56. The second kappa shape index (κ2) is 9.62. The minimum Gasteiger partial charge on any atom is -0.492 e. The Labute approximate surface area is 164 Å². The topological polar surface area (TPSA) is 49.8 Å². The van der Waals surface area contributed by atoms with Gasteiger partial charge in [0.2, 0.25) is 0 Å². The zero-order valence-electron chi connectivity index (χ0n) is 15.6. The number of hydrogen-bond acceptors (Lipinski definition) is 4. The van der Waals surface area contributed by atoms with Gasteiger partial charge in [0.15, 0.2) is 0 Å². The van der Waals surface area contributed by atoms with Crippen molar-refractivity contribution in [2.75, 3.05) is 32.5 Å². The lowest BCUT2D eigenvalue weighted by atomic mass is 10.0. The number of aliphatic carboxylic acids is 1. The van der Waals surface area contributed by atoms with Crippen LogP contribution in [-0.4, -0.2) is 48.5 Å². The predicted molar refractivity (Wildman–Crippen MR) is 111 cm³/mol. The standard InChI is InChI=1S/C22H25NO3S/c1-23(16-22(24)25)11-12-26-21-10-9-18(17-6-3-2-4-7-17)14-19(21)15-20-8-5-13-27-20/h2-4,6-10,14H,5,11-13,15-16H2,1H3,(H,24,25). The summed E-state index contributed by atoms with van der Waals surface area (Å²) in [6.45, 7) is 1.06. The highest BCUT2D eigenvalue weighted by atomic mass is 32.2. The van der Waals surface area contributed by atoms with Crippen LogP contribution in [0.1, 0.15) is 12.0 Å². The maximum atomic E-state index is 10.8. The van der Waals surface area contributed by atoms with Crippen LogP contribution in [0.15, 0.2) is 59.5 Å². The van der Waals surface area contributed by atoms with Crippen molar-refractivity contribution >= 4 is 17.7 Å². The Balaban J connectivity index is 1.74. The van der Waals surface area contributed by atoms with E-state index in [1.807, 2.05) is 36.0 Å². The molecule has 142 valence electrons. The lowest BCUT2D eigenvalue weighted by Gasteiger charge is -2.17. The van der Waals surface area contributed by atoms with Gasteiger partial charge in [-0.1, -0.05) is 42.5 Å². The number of carboxylic acids is 1. The van der Waals surface area contributed by atoms with E-state index in [9.17, 15) is 4.79 Å². The van der Waals surface area contributed by atoms with E-state index in [1.165, 1.54) is 21.6 Å². The quantitative estimate of drug-likeness (QED) is 0.699. The van der Waals surface area contributed by atoms with E-state index in [2.05, 4.69) is 30.3 Å². The molecule has 0 atom stereocenters. The van der Waals surface area contributed by atoms with Crippen molar-refractivity contribution in [1.82, 2.24) is 4.90 Å². The summed E-state index contributed by atoms with van der Waals surface area (Å²) in [5.74, 6) is 1.21. The first-order valence-corrected chi connectivity index (χ1v) is 10.1. The average molecular weight is 384 g/mol. The van der Waals surface area contributed by atoms with Gasteiger partial charge >= 0.3 is 5.97 Å². The van der Waals surface area contributed by atoms with Crippen LogP contribution >= 0.6 is 11.8 Å². The Morgan fingerprint density at radius 1 is 1.19 bits per heavy atom. The molecule has 1 aliphatic rings. The fourth-order valence-electron chi connectivity index (χ4n) is 3.07. The van der Waals surface area contributed by atoms with Crippen LogP contribution in [0.3, 0.4) is 0 Å². The monoisotopic (exact) mass is 383 g/mol. The van der Waals surface area contributed by atoms with Crippen molar-refractivity contribution in [3.05, 3.63) is 65.1 Å². The normalized spacial score (nSPS) is 13.6. The minimum atomic E-state index is -0.824. The van der Waals surface area contributed by atoms with Gasteiger partial charge in [-0.05, 0) is 47.2 Å². The maximum Gasteiger partial charge on any atom is 0.317 e. The van der Waals surface area contributed by atoms with Crippen molar-refractivity contribution in [3.63, 3.8) is 0 Å². The number of allylic oxidation sites excluding steroid dienone is 2. The van der Waals surface area contributed by atoms with E-state index in [0.717, 1.165) is 24.3 Å². The van der Waals surface area contributed by atoms with Gasteiger partial charge in [-0.15, -0.1) is 11.8 Å². The number of benzene rings is 2. The van der Waals surface area contributed by atoms with Crippen LogP contribution < -0.4 is 4.74 Å². The molecule has 0 saturated heterocycles. The van der Waals surface area contributed by atoms with Gasteiger partial charge in [0, 0.05) is 18.7 Å². The third-order valence-electron chi connectivity index (χ3n) is 4.45. The predicted octanol–water partition coefficient (Wildman–Crippen LogP) is 4.31. The zero-order valence-corrected chi connectivity index (χ0v) is 16.4. The molecule has 0 bridgehead atoms. The lowest BCUT2D eigenvalue weighted by molar-refractivity contribution is -0.138. The van der Waals surface area contributed by atoms with Crippen molar-refractivity contribution in [1.29, 1.82) is 0 Å². The highest BCUT2D eigenvalue weighted by Gasteiger charge is 2.13. The van der Waals surface area contributed by atoms with Crippen molar-refractivity contribution in [2.24, 2.45) is 0 Å². The molecule has 0 radical (unpaired) electrons. The molecule has 0 fully saturated rings. The van der Waals surface area contributed by atoms with E-state index < -0.39 is 5.97 Å². The Kier molecular flexibility index (Phi) is 6.96. The van der Waals surface area contributed by atoms with E-state index in [4.69, 9.17) is 9.84 Å². The molecule has 1 N–H and O–H groups in total. The van der Waals surface area contributed by atoms with Crippen LogP contribution in [0.25, 0.3) is 11.1 Å². The molecule has 2 aromatic carbocycles. The van der Waals surface area contributed by atoms with E-state index in [1.54, 1.807) is 11.9 Å². The van der Waals surface area contributed by atoms with Crippen molar-refractivity contribution in [3.8, 4) is 16.9 Å². The van der Waals surface area contributed by atoms with E-state index in [0.29, 0.717) is 13.2 Å². The molecule has 0 aliphatic carbocycles. The molecule has 3 rings (SSSR count). The smallest absolute Gasteiger partial charge is 0.317 e. The third kappa shape index (κ3) is 5.88. The molecule has 0 spiro atoms. The molecule has 27 heavy (non-hydrogen) atoms. The van der Waals surface area contributed by atoms with Gasteiger partial charge < -0.3 is 9.84 Å². The fraction of sp³-hybridized carbons (Fsp3) is 0.318. The van der Waals surface area contributed by atoms with Gasteiger partial charge in [0.1, 0.15) is 12.4 Å². The second-order valence-corrected chi connectivity index (χ2v) is 7.87. The van der Waals surface area contributed by atoms with Crippen LogP contribution in [0, 0.1) is 0 Å². The summed E-state index contributed by atoms with van der Waals surface area (Å²) < 4.78 is 6.02. The number of nitrogens with zero attached hydrogens (tertiary/aromatic N) is 1. The largest absolute Gasteiger partial charge is 0.492 e. The number of carboxylic acid groups (broad SMARTS) is 1. The van der Waals surface area contributed by atoms with Gasteiger partial charge in [-0.25, -0.2) is 0 Å². The molecular weight excluding hydrogens is 358 g/mol. The van der Waals surface area contributed by atoms with E-state index in [-0.39, 0.29) is 6.54 Å². The lowest BCUT2D eigenvalue weighted by Crippen LogP contribution is -2.29. The number of likely N-dealkylation sites (N-methyl/N-ethyl adjacent to an activating group) is 1. The summed E-state index contributed by atoms with van der Waals surface area (Å²) in [4.78, 5) is 13.9. The first kappa shape index (κ1) is 19.5. The maximum absolute atomic E-state index is 10.8. The van der Waals surface area contributed by atoms with Gasteiger partial charge in [0.25, 0.3) is 0 Å². The van der Waals surface area contributed by atoms with Crippen LogP contribution in [0.5, 0.6) is 5.75 Å². The van der Waals surface area contributed by atoms with Crippen LogP contribution in [-0.2, 0) is 11.2 Å². The first-order chi connectivity index (χ1) is 13.1. The first-order valence-electron chi connectivity index (χ1n) is 9.15. The summed E-state index contributed by atoms with van der Waals surface area (Å²) in [5, 5.41) is 8.85. The van der Waals surface area contributed by atoms with Gasteiger partial charge in [0.05, 0.1) is 6.54 Å². The van der Waals surface area contributed by atoms with Crippen molar-refractivity contribution < 1.29 is 14.6 Å². The van der Waals surface area contributed by atoms with Crippen molar-refractivity contribution in [2.45, 2.75) is 12.8 Å². The summed E-state index contributed by atoms with van der Waals surface area (Å²) in [7, 11) is 1.79. The van der Waals surface area contributed by atoms with Gasteiger partial charge in [-0.3, -0.25) is 9.69 Å². The Hall–Kier alpha value is -2.24. The number of thioether (sulfide) groups is 1. The van der Waals surface area contributed by atoms with Gasteiger partial charge in [-0.2, -0.15) is 0 Å². The Morgan fingerprint density at radius 2 is 2.00 bits per heavy atom. The molecule has 0 amide bonds. The molecule has 0 unspecified atom stereocenters. The molecule has 1 heterocycles. The molecular formula is C22H25NO3S. The minimum absolute atomic E-state index is 0.0205. The van der Waals surface area contributed by atoms with Crippen LogP contribution in [0.2, 0.25) is 0 Å². The SMILES string of the molecule is CN(CCOc1ccc(-c2ccccc2)cc1CC1=CCCS1)CC(=O)O. The second-order valence-electron chi connectivity index (χ2n) is 6.65. The highest BCUT2D eigenvalue weighted by molar-refractivity contribution is 8.03. The fourth-order valence-corrected chi connectivity index (χ4v) is 4.06. The Bertz CT molecular complexity index is 804. The molecule has 2 aromatic rings. The number of rotatable bonds is 9. The number of ether oxygens (including phenoxy) is 1. The summed E-state index contributed by atoms with van der Waals surface area (Å²) in [6, 6.07) is 16.7. The zero-order chi connectivity index (χ0) is 19.1. The molecule has 0 aromatic heterocycles. The van der Waals surface area contributed by atoms with Crippen LogP contribution in [0.4, 0.5) is 0 Å².